The van der Waals surface area contributed by atoms with Crippen LogP contribution in [0, 0.1) is 20.8 Å². The predicted molar refractivity (Wildman–Crippen MR) is 121 cm³/mol. The average Bonchev–Trinajstić information content (AvgIpc) is 2.68. The number of anilines is 1. The first kappa shape index (κ1) is 23.7. The molecule has 7 heteroatoms. The van der Waals surface area contributed by atoms with E-state index in [1.807, 2.05) is 39.8 Å². The Morgan fingerprint density at radius 1 is 1.10 bits per heavy atom. The van der Waals surface area contributed by atoms with E-state index in [9.17, 15) is 9.59 Å². The van der Waals surface area contributed by atoms with Crippen molar-refractivity contribution in [3.8, 4) is 11.5 Å². The van der Waals surface area contributed by atoms with Gasteiger partial charge in [-0.3, -0.25) is 4.79 Å². The summed E-state index contributed by atoms with van der Waals surface area (Å²) in [5, 5.41) is 2.86. The van der Waals surface area contributed by atoms with Crippen molar-refractivity contribution in [1.82, 2.24) is 0 Å². The lowest BCUT2D eigenvalue weighted by Crippen LogP contribution is -2.30. The topological polar surface area (TPSA) is 73.9 Å². The number of nitrogens with one attached hydrogen (secondary N) is 1. The molecule has 0 spiro atoms. The third-order valence-corrected chi connectivity index (χ3v) is 5.08. The standard InChI is InChI=1S/C23H28BrNO5/c1-7-8-29-21-18(24)11-17(12-19(21)28-6)23(27)30-16(5)22(26)25-20-14(3)9-13(2)10-15(20)4/h9-12,16H,7-8H2,1-6H3,(H,25,26). The van der Waals surface area contributed by atoms with Gasteiger partial charge in [0.05, 0.1) is 23.8 Å². The van der Waals surface area contributed by atoms with Crippen LogP contribution in [0.25, 0.3) is 0 Å². The van der Waals surface area contributed by atoms with Crippen LogP contribution < -0.4 is 14.8 Å². The molecule has 0 aliphatic rings. The van der Waals surface area contributed by atoms with Gasteiger partial charge in [-0.1, -0.05) is 24.6 Å². The maximum atomic E-state index is 12.6. The fourth-order valence-corrected chi connectivity index (χ4v) is 3.62. The van der Waals surface area contributed by atoms with E-state index < -0.39 is 18.0 Å². The summed E-state index contributed by atoms with van der Waals surface area (Å²) in [4.78, 5) is 25.2. The molecule has 0 saturated heterocycles. The minimum absolute atomic E-state index is 0.255. The molecule has 1 N–H and O–H groups in total. The quantitative estimate of drug-likeness (QED) is 0.518. The van der Waals surface area contributed by atoms with E-state index in [0.29, 0.717) is 22.6 Å². The second-order valence-electron chi connectivity index (χ2n) is 7.15. The van der Waals surface area contributed by atoms with Crippen LogP contribution in [-0.2, 0) is 9.53 Å². The van der Waals surface area contributed by atoms with Gasteiger partial charge in [0.15, 0.2) is 17.6 Å². The molecule has 30 heavy (non-hydrogen) atoms. The first-order chi connectivity index (χ1) is 14.2. The highest BCUT2D eigenvalue weighted by atomic mass is 79.9. The summed E-state index contributed by atoms with van der Waals surface area (Å²) in [7, 11) is 1.50. The van der Waals surface area contributed by atoms with Gasteiger partial charge < -0.3 is 19.5 Å². The maximum Gasteiger partial charge on any atom is 0.339 e. The van der Waals surface area contributed by atoms with E-state index in [4.69, 9.17) is 14.2 Å². The Hall–Kier alpha value is -2.54. The Bertz CT molecular complexity index is 918. The first-order valence-electron chi connectivity index (χ1n) is 9.77. The number of carbonyl (C=O) groups excluding carboxylic acids is 2. The number of benzene rings is 2. The normalized spacial score (nSPS) is 11.6. The van der Waals surface area contributed by atoms with E-state index in [1.165, 1.54) is 20.1 Å². The predicted octanol–water partition coefficient (Wildman–Crippen LogP) is 5.36. The van der Waals surface area contributed by atoms with Crippen molar-refractivity contribution in [2.24, 2.45) is 0 Å². The van der Waals surface area contributed by atoms with Crippen molar-refractivity contribution in [3.63, 3.8) is 0 Å². The monoisotopic (exact) mass is 477 g/mol. The Morgan fingerprint density at radius 3 is 2.30 bits per heavy atom. The van der Waals surface area contributed by atoms with Crippen molar-refractivity contribution in [2.75, 3.05) is 19.0 Å². The lowest BCUT2D eigenvalue weighted by Gasteiger charge is -2.18. The smallest absolute Gasteiger partial charge is 0.339 e. The van der Waals surface area contributed by atoms with E-state index in [2.05, 4.69) is 21.2 Å². The molecule has 2 aromatic rings. The third kappa shape index (κ3) is 5.75. The number of esters is 1. The van der Waals surface area contributed by atoms with Gasteiger partial charge in [0, 0.05) is 5.69 Å². The Balaban J connectivity index is 2.13. The van der Waals surface area contributed by atoms with Crippen LogP contribution in [-0.4, -0.2) is 31.7 Å². The van der Waals surface area contributed by atoms with E-state index in [1.54, 1.807) is 6.07 Å². The molecule has 0 aliphatic carbocycles. The van der Waals surface area contributed by atoms with E-state index in [-0.39, 0.29) is 5.56 Å². The van der Waals surface area contributed by atoms with Crippen molar-refractivity contribution in [1.29, 1.82) is 0 Å². The molecular formula is C23H28BrNO5. The summed E-state index contributed by atoms with van der Waals surface area (Å²) in [5.41, 5.74) is 4.01. The van der Waals surface area contributed by atoms with Gasteiger partial charge in [-0.05, 0) is 73.3 Å². The number of ether oxygens (including phenoxy) is 3. The summed E-state index contributed by atoms with van der Waals surface area (Å²) < 4.78 is 17.0. The fraction of sp³-hybridized carbons (Fsp3) is 0.391. The zero-order valence-corrected chi connectivity index (χ0v) is 19.8. The molecule has 1 atom stereocenters. The van der Waals surface area contributed by atoms with Crippen LogP contribution >= 0.6 is 15.9 Å². The van der Waals surface area contributed by atoms with Crippen LogP contribution in [0.4, 0.5) is 5.69 Å². The molecule has 0 aliphatic heterocycles. The zero-order valence-electron chi connectivity index (χ0n) is 18.2. The maximum absolute atomic E-state index is 12.6. The van der Waals surface area contributed by atoms with Gasteiger partial charge in [-0.15, -0.1) is 0 Å². The lowest BCUT2D eigenvalue weighted by atomic mass is 10.0. The van der Waals surface area contributed by atoms with Gasteiger partial charge in [0.25, 0.3) is 5.91 Å². The molecule has 1 unspecified atom stereocenters. The Morgan fingerprint density at radius 2 is 1.73 bits per heavy atom. The van der Waals surface area contributed by atoms with Crippen molar-refractivity contribution >= 4 is 33.5 Å². The number of aryl methyl sites for hydroxylation is 3. The lowest BCUT2D eigenvalue weighted by molar-refractivity contribution is -0.123. The van der Waals surface area contributed by atoms with Gasteiger partial charge in [0.1, 0.15) is 0 Å². The molecule has 0 aromatic heterocycles. The van der Waals surface area contributed by atoms with Crippen molar-refractivity contribution in [2.45, 2.75) is 47.1 Å². The molecule has 1 amide bonds. The number of hydrogen-bond donors (Lipinski definition) is 1. The van der Waals surface area contributed by atoms with Crippen LogP contribution in [0.15, 0.2) is 28.7 Å². The fourth-order valence-electron chi connectivity index (χ4n) is 3.07. The molecule has 162 valence electrons. The average molecular weight is 478 g/mol. The van der Waals surface area contributed by atoms with Crippen molar-refractivity contribution < 1.29 is 23.8 Å². The summed E-state index contributed by atoms with van der Waals surface area (Å²) in [5.74, 6) is -0.0943. The minimum Gasteiger partial charge on any atom is -0.493 e. The minimum atomic E-state index is -0.974. The zero-order chi connectivity index (χ0) is 22.4. The summed E-state index contributed by atoms with van der Waals surface area (Å²) in [6, 6.07) is 7.11. The second-order valence-corrected chi connectivity index (χ2v) is 8.00. The van der Waals surface area contributed by atoms with Crippen LogP contribution in [0.3, 0.4) is 0 Å². The van der Waals surface area contributed by atoms with E-state index >= 15 is 0 Å². The summed E-state index contributed by atoms with van der Waals surface area (Å²) in [6.45, 7) is 9.92. The molecule has 6 nitrogen and oxygen atoms in total. The van der Waals surface area contributed by atoms with Gasteiger partial charge in [-0.2, -0.15) is 0 Å². The Labute approximate surface area is 186 Å². The number of rotatable bonds is 8. The summed E-state index contributed by atoms with van der Waals surface area (Å²) in [6.07, 6.45) is -0.134. The molecule has 0 radical (unpaired) electrons. The van der Waals surface area contributed by atoms with Crippen LogP contribution in [0.2, 0.25) is 0 Å². The highest BCUT2D eigenvalue weighted by Crippen LogP contribution is 2.37. The van der Waals surface area contributed by atoms with Crippen LogP contribution in [0.5, 0.6) is 11.5 Å². The van der Waals surface area contributed by atoms with Crippen LogP contribution in [0.1, 0.15) is 47.3 Å². The van der Waals surface area contributed by atoms with E-state index in [0.717, 1.165) is 28.8 Å². The number of hydrogen-bond acceptors (Lipinski definition) is 5. The summed E-state index contributed by atoms with van der Waals surface area (Å²) >= 11 is 3.41. The molecule has 2 rings (SSSR count). The van der Waals surface area contributed by atoms with Crippen molar-refractivity contribution in [3.05, 3.63) is 51.0 Å². The number of carbonyl (C=O) groups is 2. The van der Waals surface area contributed by atoms with Gasteiger partial charge >= 0.3 is 5.97 Å². The highest BCUT2D eigenvalue weighted by molar-refractivity contribution is 9.10. The number of amides is 1. The molecule has 0 saturated carbocycles. The molecule has 2 aromatic carbocycles. The molecular weight excluding hydrogens is 450 g/mol. The second kappa shape index (κ2) is 10.5. The van der Waals surface area contributed by atoms with Gasteiger partial charge in [-0.25, -0.2) is 4.79 Å². The molecule has 0 fully saturated rings. The Kier molecular flexibility index (Phi) is 8.29. The third-order valence-electron chi connectivity index (χ3n) is 4.49. The SMILES string of the molecule is CCCOc1c(Br)cc(C(=O)OC(C)C(=O)Nc2c(C)cc(C)cc2C)cc1OC. The molecule has 0 bridgehead atoms. The first-order valence-corrected chi connectivity index (χ1v) is 10.6. The van der Waals surface area contributed by atoms with Gasteiger partial charge in [0.2, 0.25) is 0 Å². The number of methoxy groups -OCH3 is 1. The highest BCUT2D eigenvalue weighted by Gasteiger charge is 2.22. The molecule has 0 heterocycles. The number of halogens is 1. The largest absolute Gasteiger partial charge is 0.493 e.